The second-order valence-electron chi connectivity index (χ2n) is 6.54. The van der Waals surface area contributed by atoms with Crippen molar-refractivity contribution in [2.75, 3.05) is 19.7 Å². The van der Waals surface area contributed by atoms with Gasteiger partial charge in [-0.1, -0.05) is 18.9 Å². The van der Waals surface area contributed by atoms with Crippen molar-refractivity contribution in [2.45, 2.75) is 50.7 Å². The van der Waals surface area contributed by atoms with E-state index in [1.165, 1.54) is 12.8 Å². The molecule has 1 aliphatic carbocycles. The summed E-state index contributed by atoms with van der Waals surface area (Å²) in [6.45, 7) is 4.10. The maximum atomic E-state index is 12.5. The zero-order chi connectivity index (χ0) is 15.4. The van der Waals surface area contributed by atoms with Crippen LogP contribution in [0.1, 0.15) is 38.3 Å². The van der Waals surface area contributed by atoms with E-state index in [2.05, 4.69) is 10.3 Å². The number of nitrogens with one attached hydrogen (secondary N) is 1. The number of hydrogen-bond donors (Lipinski definition) is 1. The minimum atomic E-state index is -0.0696. The standard InChI is InChI=1S/C17H25N3O2/c1-14(12-15-6-2-5-9-18-15)19-16(21)20-10-11-22-17(13-20)7-3-4-8-17/h2,5-6,9,14H,3-4,7-8,10-13H2,1H3,(H,19,21)/t14-/m1/s1. The van der Waals surface area contributed by atoms with Crippen LogP contribution >= 0.6 is 0 Å². The van der Waals surface area contributed by atoms with E-state index in [1.54, 1.807) is 6.20 Å². The summed E-state index contributed by atoms with van der Waals surface area (Å²) >= 11 is 0. The Hall–Kier alpha value is -1.62. The molecule has 120 valence electrons. The van der Waals surface area contributed by atoms with Crippen molar-refractivity contribution in [3.63, 3.8) is 0 Å². The number of pyridine rings is 1. The quantitative estimate of drug-likeness (QED) is 0.932. The van der Waals surface area contributed by atoms with Crippen molar-refractivity contribution in [3.05, 3.63) is 30.1 Å². The van der Waals surface area contributed by atoms with Crippen LogP contribution in [-0.4, -0.2) is 47.3 Å². The average Bonchev–Trinajstić information content (AvgIpc) is 2.96. The van der Waals surface area contributed by atoms with Crippen molar-refractivity contribution < 1.29 is 9.53 Å². The Morgan fingerprint density at radius 1 is 1.45 bits per heavy atom. The van der Waals surface area contributed by atoms with Crippen molar-refractivity contribution >= 4 is 6.03 Å². The van der Waals surface area contributed by atoms with Crippen LogP contribution in [0, 0.1) is 0 Å². The lowest BCUT2D eigenvalue weighted by Gasteiger charge is -2.40. The number of nitrogens with zero attached hydrogens (tertiary/aromatic N) is 2. The molecule has 2 amide bonds. The maximum Gasteiger partial charge on any atom is 0.317 e. The first-order valence-corrected chi connectivity index (χ1v) is 8.26. The number of hydrogen-bond acceptors (Lipinski definition) is 3. The predicted octanol–water partition coefficient (Wildman–Crippen LogP) is 2.37. The smallest absolute Gasteiger partial charge is 0.317 e. The van der Waals surface area contributed by atoms with Gasteiger partial charge in [0.25, 0.3) is 0 Å². The molecule has 0 aromatic carbocycles. The highest BCUT2D eigenvalue weighted by atomic mass is 16.5. The largest absolute Gasteiger partial charge is 0.371 e. The highest BCUT2D eigenvalue weighted by molar-refractivity contribution is 5.74. The molecule has 1 saturated carbocycles. The van der Waals surface area contributed by atoms with Gasteiger partial charge in [0.1, 0.15) is 0 Å². The predicted molar refractivity (Wildman–Crippen MR) is 84.7 cm³/mol. The average molecular weight is 303 g/mol. The molecule has 5 heteroatoms. The molecule has 22 heavy (non-hydrogen) atoms. The number of carbonyl (C=O) groups excluding carboxylic acids is 1. The van der Waals surface area contributed by atoms with E-state index in [9.17, 15) is 4.79 Å². The van der Waals surface area contributed by atoms with Crippen molar-refractivity contribution in [2.24, 2.45) is 0 Å². The molecule has 1 aromatic rings. The number of rotatable bonds is 3. The molecule has 2 aliphatic rings. The van der Waals surface area contributed by atoms with Gasteiger partial charge >= 0.3 is 6.03 Å². The van der Waals surface area contributed by atoms with Gasteiger partial charge < -0.3 is 15.0 Å². The number of aromatic nitrogens is 1. The van der Waals surface area contributed by atoms with E-state index in [0.29, 0.717) is 13.2 Å². The summed E-state index contributed by atoms with van der Waals surface area (Å²) in [6, 6.07) is 5.97. The topological polar surface area (TPSA) is 54.5 Å². The summed E-state index contributed by atoms with van der Waals surface area (Å²) in [5.41, 5.74) is 0.935. The van der Waals surface area contributed by atoms with Crippen LogP contribution in [0.4, 0.5) is 4.79 Å². The second kappa shape index (κ2) is 6.65. The molecule has 0 unspecified atom stereocenters. The van der Waals surface area contributed by atoms with Gasteiger partial charge in [-0.15, -0.1) is 0 Å². The van der Waals surface area contributed by atoms with E-state index in [0.717, 1.165) is 31.5 Å². The lowest BCUT2D eigenvalue weighted by atomic mass is 10.00. The van der Waals surface area contributed by atoms with Gasteiger partial charge in [-0.25, -0.2) is 4.79 Å². The van der Waals surface area contributed by atoms with Crippen LogP contribution in [0.5, 0.6) is 0 Å². The van der Waals surface area contributed by atoms with Crippen molar-refractivity contribution in [3.8, 4) is 0 Å². The summed E-state index contributed by atoms with van der Waals surface area (Å²) in [4.78, 5) is 18.7. The fourth-order valence-corrected chi connectivity index (χ4v) is 3.53. The Morgan fingerprint density at radius 2 is 2.27 bits per heavy atom. The first-order valence-electron chi connectivity index (χ1n) is 8.26. The molecule has 1 saturated heterocycles. The molecule has 1 atom stereocenters. The van der Waals surface area contributed by atoms with E-state index in [-0.39, 0.29) is 17.7 Å². The Labute approximate surface area is 132 Å². The fourth-order valence-electron chi connectivity index (χ4n) is 3.53. The van der Waals surface area contributed by atoms with Gasteiger partial charge in [-0.2, -0.15) is 0 Å². The zero-order valence-electron chi connectivity index (χ0n) is 13.3. The van der Waals surface area contributed by atoms with Gasteiger partial charge in [-0.3, -0.25) is 4.98 Å². The van der Waals surface area contributed by atoms with Crippen molar-refractivity contribution in [1.82, 2.24) is 15.2 Å². The van der Waals surface area contributed by atoms with Crippen molar-refractivity contribution in [1.29, 1.82) is 0 Å². The lowest BCUT2D eigenvalue weighted by Crippen LogP contribution is -2.56. The summed E-state index contributed by atoms with van der Waals surface area (Å²) in [5, 5.41) is 3.10. The fraction of sp³-hybridized carbons (Fsp3) is 0.647. The number of amides is 2. The summed E-state index contributed by atoms with van der Waals surface area (Å²) < 4.78 is 5.98. The van der Waals surface area contributed by atoms with Gasteiger partial charge in [0.2, 0.25) is 0 Å². The van der Waals surface area contributed by atoms with Crippen LogP contribution in [0.2, 0.25) is 0 Å². The second-order valence-corrected chi connectivity index (χ2v) is 6.54. The molecule has 2 fully saturated rings. The van der Waals surface area contributed by atoms with Crippen LogP contribution in [0.25, 0.3) is 0 Å². The van der Waals surface area contributed by atoms with Crippen LogP contribution in [-0.2, 0) is 11.2 Å². The lowest BCUT2D eigenvalue weighted by molar-refractivity contribution is -0.0927. The van der Waals surface area contributed by atoms with E-state index in [1.807, 2.05) is 30.0 Å². The third-order valence-electron chi connectivity index (χ3n) is 4.66. The molecule has 1 N–H and O–H groups in total. The Bertz CT molecular complexity index is 500. The number of urea groups is 1. The van der Waals surface area contributed by atoms with E-state index >= 15 is 0 Å². The zero-order valence-corrected chi connectivity index (χ0v) is 13.3. The first kappa shape index (κ1) is 15.3. The minimum absolute atomic E-state index is 0.0259. The number of morpholine rings is 1. The third-order valence-corrected chi connectivity index (χ3v) is 4.66. The highest BCUT2D eigenvalue weighted by Crippen LogP contribution is 2.35. The molecule has 1 aromatic heterocycles. The molecule has 2 heterocycles. The van der Waals surface area contributed by atoms with Gasteiger partial charge in [0.15, 0.2) is 0 Å². The minimum Gasteiger partial charge on any atom is -0.371 e. The number of ether oxygens (including phenoxy) is 1. The summed E-state index contributed by atoms with van der Waals surface area (Å²) in [7, 11) is 0. The molecule has 1 aliphatic heterocycles. The third kappa shape index (κ3) is 3.58. The highest BCUT2D eigenvalue weighted by Gasteiger charge is 2.40. The molecule has 3 rings (SSSR count). The monoisotopic (exact) mass is 303 g/mol. The Kier molecular flexibility index (Phi) is 4.62. The van der Waals surface area contributed by atoms with Gasteiger partial charge in [0.05, 0.1) is 18.8 Å². The van der Waals surface area contributed by atoms with Crippen LogP contribution < -0.4 is 5.32 Å². The molecular formula is C17H25N3O2. The molecule has 5 nitrogen and oxygen atoms in total. The number of carbonyl (C=O) groups is 1. The maximum absolute atomic E-state index is 12.5. The summed E-state index contributed by atoms with van der Waals surface area (Å²) in [6.07, 6.45) is 7.13. The SMILES string of the molecule is C[C@H](Cc1ccccn1)NC(=O)N1CCOC2(CCCC2)C1. The van der Waals surface area contributed by atoms with Gasteiger partial charge in [0, 0.05) is 30.9 Å². The van der Waals surface area contributed by atoms with Gasteiger partial charge in [-0.05, 0) is 31.9 Å². The van der Waals surface area contributed by atoms with Crippen LogP contribution in [0.15, 0.2) is 24.4 Å². The summed E-state index contributed by atoms with van der Waals surface area (Å²) in [5.74, 6) is 0. The molecule has 0 bridgehead atoms. The Morgan fingerprint density at radius 3 is 3.00 bits per heavy atom. The van der Waals surface area contributed by atoms with E-state index < -0.39 is 0 Å². The normalized spacial score (nSPS) is 21.8. The Balaban J connectivity index is 1.52. The molecule has 0 radical (unpaired) electrons. The van der Waals surface area contributed by atoms with E-state index in [4.69, 9.17) is 4.74 Å². The molecule has 1 spiro atoms. The molecular weight excluding hydrogens is 278 g/mol. The first-order chi connectivity index (χ1) is 10.7. The van der Waals surface area contributed by atoms with Crippen LogP contribution in [0.3, 0.4) is 0 Å².